The van der Waals surface area contributed by atoms with Crippen LogP contribution in [0.25, 0.3) is 0 Å². The van der Waals surface area contributed by atoms with Crippen LogP contribution in [0.3, 0.4) is 0 Å². The van der Waals surface area contributed by atoms with Crippen molar-refractivity contribution in [1.29, 1.82) is 0 Å². The summed E-state index contributed by atoms with van der Waals surface area (Å²) < 4.78 is 0. The third-order valence-corrected chi connectivity index (χ3v) is 13.4. The molecule has 3 nitrogen and oxygen atoms in total. The Kier molecular flexibility index (Phi) is 20.8. The fourth-order valence-electron chi connectivity index (χ4n) is 6.06. The van der Waals surface area contributed by atoms with Gasteiger partial charge in [-0.2, -0.15) is 0 Å². The van der Waals surface area contributed by atoms with Crippen LogP contribution in [0.5, 0.6) is 5.75 Å². The number of phenols is 1. The largest absolute Gasteiger partial charge is 0.504 e. The fourth-order valence-corrected chi connectivity index (χ4v) is 11.0. The molecule has 0 heterocycles. The number of hydrogen-bond acceptors (Lipinski definition) is 2. The molecule has 0 saturated heterocycles. The number of hydrogen-bond donors (Lipinski definition) is 2. The minimum Gasteiger partial charge on any atom is -0.504 e. The van der Waals surface area contributed by atoms with Crippen molar-refractivity contribution in [2.24, 2.45) is 0 Å². The highest BCUT2D eigenvalue weighted by molar-refractivity contribution is 7.83. The van der Waals surface area contributed by atoms with Gasteiger partial charge in [0.25, 0.3) is 0 Å². The Hall–Kier alpha value is -1.08. The first-order valence-corrected chi connectivity index (χ1v) is 19.2. The number of rotatable bonds is 26. The Balaban J connectivity index is 3.20. The molecule has 0 spiro atoms. The third-order valence-electron chi connectivity index (χ3n) is 8.53. The van der Waals surface area contributed by atoms with Gasteiger partial charge in [-0.15, -0.1) is 0 Å². The molecule has 39 heavy (non-hydrogen) atoms. The normalized spacial score (nSPS) is 11.8. The van der Waals surface area contributed by atoms with Crippen LogP contribution in [-0.4, -0.2) is 34.7 Å². The number of carbonyl (C=O) groups is 1. The monoisotopic (exact) mass is 563 g/mol. The van der Waals surface area contributed by atoms with E-state index in [1.165, 1.54) is 145 Å². The molecule has 0 saturated carbocycles. The zero-order chi connectivity index (χ0) is 28.8. The summed E-state index contributed by atoms with van der Waals surface area (Å²) in [5.74, 6) is -0.171. The molecule has 226 valence electrons. The van der Waals surface area contributed by atoms with Crippen LogP contribution in [-0.2, 0) is 11.2 Å². The lowest BCUT2D eigenvalue weighted by Crippen LogP contribution is -2.23. The van der Waals surface area contributed by atoms with Crippen molar-refractivity contribution >= 4 is 18.5 Å². The lowest BCUT2D eigenvalue weighted by atomic mass is 10.1. The van der Waals surface area contributed by atoms with Crippen molar-refractivity contribution in [3.8, 4) is 5.75 Å². The quantitative estimate of drug-likeness (QED) is 0.0870. The molecule has 1 aromatic rings. The van der Waals surface area contributed by atoms with Gasteiger partial charge in [0.2, 0.25) is 0 Å². The average molecular weight is 564 g/mol. The molecular formula is C35H64O3P+. The Bertz CT molecular complexity index is 720. The maximum absolute atomic E-state index is 11.5. The number of carboxylic acids is 1. The summed E-state index contributed by atoms with van der Waals surface area (Å²) in [6.45, 7) is 8.90. The van der Waals surface area contributed by atoms with Crippen LogP contribution in [0.2, 0.25) is 0 Å². The van der Waals surface area contributed by atoms with Gasteiger partial charge in [0, 0.05) is 6.42 Å². The Labute approximate surface area is 243 Å². The van der Waals surface area contributed by atoms with Crippen molar-refractivity contribution in [3.63, 3.8) is 0 Å². The first kappa shape index (κ1) is 35.9. The van der Waals surface area contributed by atoms with Gasteiger partial charge < -0.3 is 10.2 Å². The summed E-state index contributed by atoms with van der Waals surface area (Å²) in [6, 6.07) is 4.43. The fraction of sp³-hybridized carbons (Fsp3) is 0.800. The molecule has 0 fully saturated rings. The molecule has 0 aromatic heterocycles. The van der Waals surface area contributed by atoms with Crippen molar-refractivity contribution in [1.82, 2.24) is 0 Å². The molecule has 0 bridgehead atoms. The van der Waals surface area contributed by atoms with E-state index in [0.29, 0.717) is 12.2 Å². The molecule has 1 aromatic carbocycles. The molecule has 0 amide bonds. The molecule has 1 rings (SSSR count). The van der Waals surface area contributed by atoms with Crippen LogP contribution in [0.1, 0.15) is 160 Å². The molecule has 0 aliphatic heterocycles. The summed E-state index contributed by atoms with van der Waals surface area (Å²) in [4.78, 5) is 11.1. The van der Waals surface area contributed by atoms with Crippen LogP contribution in [0.15, 0.2) is 12.1 Å². The van der Waals surface area contributed by atoms with E-state index in [1.54, 1.807) is 0 Å². The van der Waals surface area contributed by atoms with Gasteiger partial charge in [-0.05, 0) is 75.5 Å². The van der Waals surface area contributed by atoms with Gasteiger partial charge in [0.1, 0.15) is 5.30 Å². The molecule has 2 N–H and O–H groups in total. The van der Waals surface area contributed by atoms with Gasteiger partial charge >= 0.3 is 5.97 Å². The smallest absolute Gasteiger partial charge is 0.303 e. The predicted octanol–water partition coefficient (Wildman–Crippen LogP) is 10.8. The van der Waals surface area contributed by atoms with E-state index >= 15 is 0 Å². The number of aromatic hydroxyl groups is 1. The number of aliphatic carboxylic acids is 1. The van der Waals surface area contributed by atoms with Crippen molar-refractivity contribution in [3.05, 3.63) is 23.3 Å². The van der Waals surface area contributed by atoms with E-state index in [1.807, 2.05) is 0 Å². The molecular weight excluding hydrogens is 499 g/mol. The van der Waals surface area contributed by atoms with E-state index in [4.69, 9.17) is 5.11 Å². The standard InChI is InChI=1S/C35H63O3P/c1-5-8-11-14-17-20-26-39(27-21-18-15-12-9-6-2,28-22-19-16-13-10-7-3)33-30-32(24-23-25-34(36)37)29-31(4)35(33)38/h29-30H,5-28H2,1-4H3,(H-,36,37,38)/p+1. The van der Waals surface area contributed by atoms with Gasteiger partial charge in [-0.25, -0.2) is 0 Å². The van der Waals surface area contributed by atoms with Crippen LogP contribution < -0.4 is 5.30 Å². The van der Waals surface area contributed by atoms with E-state index in [2.05, 4.69) is 39.8 Å². The Morgan fingerprint density at radius 2 is 1.05 bits per heavy atom. The second-order valence-electron chi connectivity index (χ2n) is 12.1. The minimum absolute atomic E-state index is 0.211. The average Bonchev–Trinajstić information content (AvgIpc) is 2.91. The first-order chi connectivity index (χ1) is 18.9. The van der Waals surface area contributed by atoms with Crippen LogP contribution >= 0.6 is 7.26 Å². The third kappa shape index (κ3) is 15.5. The van der Waals surface area contributed by atoms with E-state index in [9.17, 15) is 9.90 Å². The molecule has 0 radical (unpaired) electrons. The van der Waals surface area contributed by atoms with Crippen molar-refractivity contribution in [2.45, 2.75) is 163 Å². The maximum atomic E-state index is 11.5. The molecule has 0 aliphatic carbocycles. The molecule has 4 heteroatoms. The zero-order valence-electron chi connectivity index (χ0n) is 26.4. The van der Waals surface area contributed by atoms with Gasteiger partial charge in [-0.3, -0.25) is 4.79 Å². The summed E-state index contributed by atoms with van der Waals surface area (Å²) in [7, 11) is -1.52. The first-order valence-electron chi connectivity index (χ1n) is 16.8. The van der Waals surface area contributed by atoms with Crippen LogP contribution in [0, 0.1) is 6.92 Å². The second-order valence-corrected chi connectivity index (χ2v) is 16.3. The second kappa shape index (κ2) is 22.6. The van der Waals surface area contributed by atoms with E-state index in [-0.39, 0.29) is 6.42 Å². The van der Waals surface area contributed by atoms with Gasteiger partial charge in [0.15, 0.2) is 5.75 Å². The summed E-state index contributed by atoms with van der Waals surface area (Å²) in [6.07, 6.45) is 29.2. The highest BCUT2D eigenvalue weighted by Crippen LogP contribution is 2.61. The SMILES string of the molecule is CCCCCCCC[P+](CCCCCCCC)(CCCCCCCC)c1cc(CCCC(=O)O)cc(C)c1O. The number of carboxylic acid groups (broad SMARTS) is 1. The molecule has 0 atom stereocenters. The summed E-state index contributed by atoms with van der Waals surface area (Å²) >= 11 is 0. The molecule has 0 aliphatic rings. The summed E-state index contributed by atoms with van der Waals surface area (Å²) in [5.41, 5.74) is 2.20. The van der Waals surface area contributed by atoms with Crippen molar-refractivity contribution < 1.29 is 15.0 Å². The van der Waals surface area contributed by atoms with Gasteiger partial charge in [0.05, 0.1) is 25.7 Å². The Morgan fingerprint density at radius 3 is 1.46 bits per heavy atom. The van der Waals surface area contributed by atoms with E-state index < -0.39 is 13.2 Å². The highest BCUT2D eigenvalue weighted by Gasteiger charge is 2.41. The zero-order valence-corrected chi connectivity index (χ0v) is 27.3. The lowest BCUT2D eigenvalue weighted by molar-refractivity contribution is -0.137. The maximum Gasteiger partial charge on any atom is 0.303 e. The number of benzene rings is 1. The topological polar surface area (TPSA) is 57.5 Å². The van der Waals surface area contributed by atoms with E-state index in [0.717, 1.165) is 12.0 Å². The molecule has 0 unspecified atom stereocenters. The minimum atomic E-state index is -1.52. The predicted molar refractivity (Wildman–Crippen MR) is 175 cm³/mol. The number of phenolic OH excluding ortho intramolecular Hbond substituents is 1. The van der Waals surface area contributed by atoms with Gasteiger partial charge in [-0.1, -0.05) is 104 Å². The number of unbranched alkanes of at least 4 members (excludes halogenated alkanes) is 15. The lowest BCUT2D eigenvalue weighted by Gasteiger charge is -2.30. The Morgan fingerprint density at radius 1 is 0.641 bits per heavy atom. The summed E-state index contributed by atoms with van der Waals surface area (Å²) in [5, 5.41) is 22.0. The van der Waals surface area contributed by atoms with Crippen LogP contribution in [0.4, 0.5) is 0 Å². The number of aryl methyl sites for hydroxylation is 2. The highest BCUT2D eigenvalue weighted by atomic mass is 31.2. The van der Waals surface area contributed by atoms with Crippen molar-refractivity contribution in [2.75, 3.05) is 18.5 Å².